The van der Waals surface area contributed by atoms with E-state index < -0.39 is 128 Å². The van der Waals surface area contributed by atoms with Crippen molar-refractivity contribution in [2.45, 2.75) is 175 Å². The molecule has 2 fully saturated rings. The maximum Gasteiger partial charge on any atom is 0.407 e. The van der Waals surface area contributed by atoms with Crippen molar-refractivity contribution in [2.24, 2.45) is 0 Å². The SMILES string of the molecule is CC(=O)OC[C@H]1O[C@H](O[C@@H]2[C@H](OC(C)=O)[C@@H](OC(C)=O)[C@H](OCCCn3cc(CCC(=O)NCCCOCCOCCOCCCNC(=O)OC(C)(C)C)nn3)O[C@@H]2COC(C)=O)[C@H](OC(C)=O)[C@@H](OC(C)=O)[C@H]1OC(C)=O. The van der Waals surface area contributed by atoms with Crippen LogP contribution in [-0.4, -0.2) is 208 Å². The molecule has 2 aliphatic rings. The summed E-state index contributed by atoms with van der Waals surface area (Å²) in [5.41, 5.74) is 0.00717. The summed E-state index contributed by atoms with van der Waals surface area (Å²) in [5, 5.41) is 13.8. The van der Waals surface area contributed by atoms with Crippen LogP contribution >= 0.6 is 0 Å². The molecule has 1 aromatic rings. The van der Waals surface area contributed by atoms with E-state index in [2.05, 4.69) is 20.9 Å². The highest BCUT2D eigenvalue weighted by Crippen LogP contribution is 2.35. The number of rotatable bonds is 33. The second kappa shape index (κ2) is 34.7. The van der Waals surface area contributed by atoms with Crippen molar-refractivity contribution >= 4 is 53.8 Å². The Balaban J connectivity index is 1.55. The Labute approximate surface area is 452 Å². The molecule has 10 atom stereocenters. The summed E-state index contributed by atoms with van der Waals surface area (Å²) in [7, 11) is 0. The smallest absolute Gasteiger partial charge is 0.407 e. The van der Waals surface area contributed by atoms with Crippen molar-refractivity contribution in [2.75, 3.05) is 72.6 Å². The molecule has 0 saturated carbocycles. The van der Waals surface area contributed by atoms with E-state index >= 15 is 0 Å². The standard InChI is InChI=1S/C49H77N5O24/c1-29(55)68-27-37-40(70-31(3)57)42(71-32(4)58)45(74-35(7)61)47(76-37)77-41-38(28-69-30(2)56)75-46(44(73-34(6)60)43(41)72-33(5)59)67-21-13-18-54-26-36(52-53-54)14-15-39(62)50-16-11-19-64-22-24-66-25-23-65-20-12-17-51-48(63)78-49(8,9)10/h26,37-38,40-47H,11-25,27-28H2,1-10H3,(H,50,62)(H,51,63)/t37-,38-,40+,41+,42+,43+,44-,45-,46-,47-/m1/s1. The number of ether oxygens (including phenoxy) is 15. The summed E-state index contributed by atoms with van der Waals surface area (Å²) < 4.78 is 86.3. The first-order valence-electron chi connectivity index (χ1n) is 25.5. The van der Waals surface area contributed by atoms with Crippen LogP contribution in [0.4, 0.5) is 4.79 Å². The Bertz CT molecular complexity index is 2080. The summed E-state index contributed by atoms with van der Waals surface area (Å²) in [6, 6.07) is 0. The molecule has 2 N–H and O–H groups in total. The molecule has 78 heavy (non-hydrogen) atoms. The van der Waals surface area contributed by atoms with Crippen molar-refractivity contribution in [1.29, 1.82) is 0 Å². The number of nitrogens with zero attached hydrogens (tertiary/aromatic N) is 3. The van der Waals surface area contributed by atoms with Gasteiger partial charge in [-0.15, -0.1) is 5.10 Å². The maximum absolute atomic E-state index is 12.8. The zero-order chi connectivity index (χ0) is 57.8. The van der Waals surface area contributed by atoms with Gasteiger partial charge >= 0.3 is 47.9 Å². The predicted molar refractivity (Wildman–Crippen MR) is 261 cm³/mol. The lowest BCUT2D eigenvalue weighted by Gasteiger charge is -2.48. The Morgan fingerprint density at radius 3 is 1.54 bits per heavy atom. The van der Waals surface area contributed by atoms with E-state index in [9.17, 15) is 43.2 Å². The summed E-state index contributed by atoms with van der Waals surface area (Å²) in [5.74, 6) is -6.21. The van der Waals surface area contributed by atoms with Gasteiger partial charge in [-0.25, -0.2) is 4.79 Å². The molecule has 0 spiro atoms. The van der Waals surface area contributed by atoms with Gasteiger partial charge in [-0.05, 0) is 40.0 Å². The lowest BCUT2D eigenvalue weighted by molar-refractivity contribution is -0.361. The number of carbonyl (C=O) groups excluding carboxylic acids is 9. The van der Waals surface area contributed by atoms with E-state index in [1.165, 1.54) is 4.68 Å². The van der Waals surface area contributed by atoms with E-state index in [0.29, 0.717) is 77.7 Å². The third kappa shape index (κ3) is 26.5. The monoisotopic (exact) mass is 1120 g/mol. The molecule has 0 unspecified atom stereocenters. The Kier molecular flexibility index (Phi) is 29.4. The molecule has 3 rings (SSSR count). The Morgan fingerprint density at radius 1 is 0.551 bits per heavy atom. The van der Waals surface area contributed by atoms with Crippen LogP contribution in [0.2, 0.25) is 0 Å². The Morgan fingerprint density at radius 2 is 1.01 bits per heavy atom. The lowest BCUT2D eigenvalue weighted by atomic mass is 9.96. The number of amides is 2. The largest absolute Gasteiger partial charge is 0.463 e. The average molecular weight is 1120 g/mol. The van der Waals surface area contributed by atoms with Crippen molar-refractivity contribution < 1.29 is 114 Å². The summed E-state index contributed by atoms with van der Waals surface area (Å²) in [6.45, 7) is 15.2. The number of aromatic nitrogens is 3. The summed E-state index contributed by atoms with van der Waals surface area (Å²) in [6.07, 6.45) is -12.8. The maximum atomic E-state index is 12.8. The number of aryl methyl sites for hydroxylation is 2. The number of esters is 7. The topological polar surface area (TPSA) is 347 Å². The van der Waals surface area contributed by atoms with Crippen LogP contribution in [0.3, 0.4) is 0 Å². The summed E-state index contributed by atoms with van der Waals surface area (Å²) >= 11 is 0. The fraction of sp³-hybridized carbons (Fsp3) is 0.776. The van der Waals surface area contributed by atoms with Gasteiger partial charge in [0.2, 0.25) is 5.91 Å². The zero-order valence-electron chi connectivity index (χ0n) is 46.0. The minimum Gasteiger partial charge on any atom is -0.463 e. The number of carbonyl (C=O) groups is 9. The normalized spacial score (nSPS) is 22.9. The zero-order valence-corrected chi connectivity index (χ0v) is 46.0. The Hall–Kier alpha value is -6.11. The van der Waals surface area contributed by atoms with Crippen molar-refractivity contribution in [3.8, 4) is 0 Å². The van der Waals surface area contributed by atoms with Crippen molar-refractivity contribution in [3.05, 3.63) is 11.9 Å². The van der Waals surface area contributed by atoms with Crippen LogP contribution in [0.15, 0.2) is 6.20 Å². The van der Waals surface area contributed by atoms with Crippen LogP contribution in [0.1, 0.15) is 101 Å². The molecule has 0 aromatic carbocycles. The molecule has 29 nitrogen and oxygen atoms in total. The van der Waals surface area contributed by atoms with Crippen molar-refractivity contribution in [3.63, 3.8) is 0 Å². The van der Waals surface area contributed by atoms with Gasteiger partial charge in [-0.3, -0.25) is 43.0 Å². The number of hydrogen-bond donors (Lipinski definition) is 2. The minimum atomic E-state index is -1.84. The molecule has 2 saturated heterocycles. The van der Waals surface area contributed by atoms with Gasteiger partial charge in [0.15, 0.2) is 43.1 Å². The third-order valence-corrected chi connectivity index (χ3v) is 10.6. The summed E-state index contributed by atoms with van der Waals surface area (Å²) in [4.78, 5) is 111. The number of nitrogens with one attached hydrogen (secondary N) is 2. The van der Waals surface area contributed by atoms with Gasteiger partial charge in [0.25, 0.3) is 0 Å². The predicted octanol–water partition coefficient (Wildman–Crippen LogP) is 0.708. The second-order valence-electron chi connectivity index (χ2n) is 18.7. The van der Waals surface area contributed by atoms with Gasteiger partial charge in [0, 0.05) is 100 Å². The van der Waals surface area contributed by atoms with Gasteiger partial charge < -0.3 is 81.7 Å². The first-order chi connectivity index (χ1) is 36.9. The van der Waals surface area contributed by atoms with Crippen LogP contribution in [-0.2, 0) is 122 Å². The molecule has 3 heterocycles. The highest BCUT2D eigenvalue weighted by molar-refractivity contribution is 5.76. The van der Waals surface area contributed by atoms with Gasteiger partial charge in [0.05, 0.1) is 38.7 Å². The number of alkyl carbamates (subject to hydrolysis) is 1. The number of hydrogen-bond acceptors (Lipinski definition) is 26. The lowest BCUT2D eigenvalue weighted by Crippen LogP contribution is -2.67. The van der Waals surface area contributed by atoms with Crippen LogP contribution in [0, 0.1) is 0 Å². The van der Waals surface area contributed by atoms with Gasteiger partial charge in [-0.2, -0.15) is 0 Å². The molecule has 29 heteroatoms. The fourth-order valence-corrected chi connectivity index (χ4v) is 7.55. The molecule has 442 valence electrons. The minimum absolute atomic E-state index is 0.0801. The first-order valence-corrected chi connectivity index (χ1v) is 25.5. The van der Waals surface area contributed by atoms with Crippen LogP contribution in [0.25, 0.3) is 0 Å². The molecule has 1 aromatic heterocycles. The van der Waals surface area contributed by atoms with Gasteiger partial charge in [-0.1, -0.05) is 5.21 Å². The van der Waals surface area contributed by atoms with Crippen molar-refractivity contribution in [1.82, 2.24) is 25.6 Å². The first kappa shape index (κ1) is 66.2. The third-order valence-electron chi connectivity index (χ3n) is 10.6. The van der Waals surface area contributed by atoms with Crippen LogP contribution < -0.4 is 10.6 Å². The highest BCUT2D eigenvalue weighted by Gasteiger charge is 2.57. The molecular weight excluding hydrogens is 1040 g/mol. The molecule has 2 aliphatic heterocycles. The highest BCUT2D eigenvalue weighted by atomic mass is 16.8. The molecule has 0 bridgehead atoms. The second-order valence-corrected chi connectivity index (χ2v) is 18.7. The van der Waals surface area contributed by atoms with E-state index in [4.69, 9.17) is 71.1 Å². The molecule has 2 amide bonds. The van der Waals surface area contributed by atoms with E-state index in [1.54, 1.807) is 27.0 Å². The van der Waals surface area contributed by atoms with Crippen LogP contribution in [0.5, 0.6) is 0 Å². The van der Waals surface area contributed by atoms with Gasteiger partial charge in [0.1, 0.15) is 37.1 Å². The van der Waals surface area contributed by atoms with E-state index in [0.717, 1.165) is 48.5 Å². The fourth-order valence-electron chi connectivity index (χ4n) is 7.55. The van der Waals surface area contributed by atoms with E-state index in [-0.39, 0.29) is 31.9 Å². The molecular formula is C49H77N5O24. The average Bonchev–Trinajstić information content (AvgIpc) is 3.83. The molecule has 0 aliphatic carbocycles. The molecule has 0 radical (unpaired) electrons. The quantitative estimate of drug-likeness (QED) is 0.0556. The van der Waals surface area contributed by atoms with E-state index in [1.807, 2.05) is 0 Å².